The number of hydrogen-bond acceptors (Lipinski definition) is 4. The van der Waals surface area contributed by atoms with E-state index in [2.05, 4.69) is 5.32 Å². The molecule has 1 N–H and O–H groups in total. The summed E-state index contributed by atoms with van der Waals surface area (Å²) in [6.07, 6.45) is 5.15. The average Bonchev–Trinajstić information content (AvgIpc) is 3.17. The van der Waals surface area contributed by atoms with Crippen LogP contribution in [0.1, 0.15) is 42.2 Å². The summed E-state index contributed by atoms with van der Waals surface area (Å²) in [5.41, 5.74) is 0. The Balaban J connectivity index is 1.78. The van der Waals surface area contributed by atoms with Gasteiger partial charge in [0.1, 0.15) is 5.25 Å². The molecule has 1 aliphatic rings. The molecular formula is C19H23NO3S2. The summed E-state index contributed by atoms with van der Waals surface area (Å²) >= 11 is 1.41. The Kier molecular flexibility index (Phi) is 5.91. The second-order valence-corrected chi connectivity index (χ2v) is 9.55. The van der Waals surface area contributed by atoms with Crippen LogP contribution in [0.2, 0.25) is 0 Å². The van der Waals surface area contributed by atoms with Gasteiger partial charge in [-0.15, -0.1) is 11.3 Å². The van der Waals surface area contributed by atoms with Gasteiger partial charge in [-0.2, -0.15) is 0 Å². The summed E-state index contributed by atoms with van der Waals surface area (Å²) in [6.45, 7) is 0.118. The fourth-order valence-corrected chi connectivity index (χ4v) is 6.12. The van der Waals surface area contributed by atoms with Crippen molar-refractivity contribution in [3.8, 4) is 0 Å². The van der Waals surface area contributed by atoms with Crippen molar-refractivity contribution in [3.05, 3.63) is 52.7 Å². The molecule has 0 saturated heterocycles. The number of sulfone groups is 1. The minimum Gasteiger partial charge on any atom is -0.354 e. The summed E-state index contributed by atoms with van der Waals surface area (Å²) in [5, 5.41) is 4.02. The third-order valence-electron chi connectivity index (χ3n) is 4.74. The van der Waals surface area contributed by atoms with Crippen molar-refractivity contribution >= 4 is 27.1 Å². The van der Waals surface area contributed by atoms with Crippen molar-refractivity contribution in [2.75, 3.05) is 6.54 Å². The molecule has 1 saturated carbocycles. The molecule has 1 aliphatic carbocycles. The van der Waals surface area contributed by atoms with E-state index in [9.17, 15) is 13.2 Å². The number of hydrogen-bond donors (Lipinski definition) is 1. The SMILES string of the molecule is O=C(NC[C@@H](c1cccs1)S(=O)(=O)c1ccccc1)C1CCCCC1. The maximum atomic E-state index is 13.1. The Morgan fingerprint density at radius 1 is 1.08 bits per heavy atom. The summed E-state index contributed by atoms with van der Waals surface area (Å²) in [5.74, 6) is 0.0154. The molecule has 6 heteroatoms. The van der Waals surface area contributed by atoms with Gasteiger partial charge in [0.2, 0.25) is 5.91 Å². The first-order valence-corrected chi connectivity index (χ1v) is 11.1. The van der Waals surface area contributed by atoms with Crippen LogP contribution in [-0.4, -0.2) is 20.9 Å². The zero-order valence-electron chi connectivity index (χ0n) is 14.1. The van der Waals surface area contributed by atoms with E-state index < -0.39 is 15.1 Å². The minimum atomic E-state index is -3.55. The lowest BCUT2D eigenvalue weighted by molar-refractivity contribution is -0.125. The van der Waals surface area contributed by atoms with Crippen LogP contribution >= 0.6 is 11.3 Å². The van der Waals surface area contributed by atoms with Crippen molar-refractivity contribution in [3.63, 3.8) is 0 Å². The third-order valence-corrected chi connectivity index (χ3v) is 7.98. The van der Waals surface area contributed by atoms with Crippen LogP contribution < -0.4 is 5.32 Å². The molecule has 134 valence electrons. The van der Waals surface area contributed by atoms with Crippen molar-refractivity contribution < 1.29 is 13.2 Å². The van der Waals surface area contributed by atoms with E-state index in [0.29, 0.717) is 4.90 Å². The number of amides is 1. The topological polar surface area (TPSA) is 63.2 Å². The molecule has 1 aromatic carbocycles. The summed E-state index contributed by atoms with van der Waals surface area (Å²) in [4.78, 5) is 13.5. The van der Waals surface area contributed by atoms with E-state index in [1.165, 1.54) is 17.8 Å². The normalized spacial score (nSPS) is 17.1. The number of benzene rings is 1. The van der Waals surface area contributed by atoms with Gasteiger partial charge in [-0.25, -0.2) is 8.42 Å². The summed E-state index contributed by atoms with van der Waals surface area (Å²) in [6, 6.07) is 12.1. The highest BCUT2D eigenvalue weighted by molar-refractivity contribution is 7.91. The molecule has 0 aliphatic heterocycles. The number of carbonyl (C=O) groups excluding carboxylic acids is 1. The zero-order valence-corrected chi connectivity index (χ0v) is 15.7. The maximum Gasteiger partial charge on any atom is 0.223 e. The van der Waals surface area contributed by atoms with E-state index in [0.717, 1.165) is 30.6 Å². The van der Waals surface area contributed by atoms with Gasteiger partial charge in [0, 0.05) is 17.3 Å². The molecule has 4 nitrogen and oxygen atoms in total. The van der Waals surface area contributed by atoms with Crippen LogP contribution in [0, 0.1) is 5.92 Å². The van der Waals surface area contributed by atoms with Gasteiger partial charge < -0.3 is 5.32 Å². The Morgan fingerprint density at radius 3 is 2.44 bits per heavy atom. The number of rotatable bonds is 6. The van der Waals surface area contributed by atoms with Crippen molar-refractivity contribution in [2.24, 2.45) is 5.92 Å². The van der Waals surface area contributed by atoms with Crippen LogP contribution in [0.15, 0.2) is 52.7 Å². The zero-order chi connectivity index (χ0) is 17.7. The van der Waals surface area contributed by atoms with Gasteiger partial charge in [0.25, 0.3) is 0 Å². The number of carbonyl (C=O) groups is 1. The third kappa shape index (κ3) is 4.30. The Hall–Kier alpha value is -1.66. The predicted molar refractivity (Wildman–Crippen MR) is 100 cm³/mol. The van der Waals surface area contributed by atoms with Crippen LogP contribution in [0.4, 0.5) is 0 Å². The van der Waals surface area contributed by atoms with E-state index >= 15 is 0 Å². The second-order valence-electron chi connectivity index (χ2n) is 6.44. The molecule has 1 heterocycles. The quantitative estimate of drug-likeness (QED) is 0.829. The van der Waals surface area contributed by atoms with Crippen molar-refractivity contribution in [1.82, 2.24) is 5.32 Å². The molecule has 1 fully saturated rings. The Bertz CT molecular complexity index is 779. The maximum absolute atomic E-state index is 13.1. The van der Waals surface area contributed by atoms with E-state index in [4.69, 9.17) is 0 Å². The van der Waals surface area contributed by atoms with Crippen LogP contribution in [0.25, 0.3) is 0 Å². The minimum absolute atomic E-state index is 0.00971. The average molecular weight is 378 g/mol. The molecule has 0 radical (unpaired) electrons. The number of thiophene rings is 1. The molecule has 0 unspecified atom stereocenters. The molecule has 25 heavy (non-hydrogen) atoms. The summed E-state index contributed by atoms with van der Waals surface area (Å²) in [7, 11) is -3.55. The lowest BCUT2D eigenvalue weighted by Gasteiger charge is -2.23. The Morgan fingerprint density at radius 2 is 1.80 bits per heavy atom. The molecule has 1 aromatic heterocycles. The van der Waals surface area contributed by atoms with E-state index in [1.54, 1.807) is 30.3 Å². The fourth-order valence-electron chi connectivity index (χ4n) is 3.31. The van der Waals surface area contributed by atoms with Gasteiger partial charge in [-0.1, -0.05) is 43.5 Å². The smallest absolute Gasteiger partial charge is 0.223 e. The second kappa shape index (κ2) is 8.15. The summed E-state index contributed by atoms with van der Waals surface area (Å²) < 4.78 is 26.1. The number of nitrogens with one attached hydrogen (secondary N) is 1. The first-order valence-electron chi connectivity index (χ1n) is 8.69. The van der Waals surface area contributed by atoms with Gasteiger partial charge in [-0.3, -0.25) is 4.79 Å². The van der Waals surface area contributed by atoms with Gasteiger partial charge in [0.05, 0.1) is 4.90 Å². The monoisotopic (exact) mass is 377 g/mol. The van der Waals surface area contributed by atoms with Crippen LogP contribution in [-0.2, 0) is 14.6 Å². The molecule has 0 spiro atoms. The first-order chi connectivity index (χ1) is 12.1. The molecule has 1 amide bonds. The van der Waals surface area contributed by atoms with E-state index in [1.807, 2.05) is 17.5 Å². The highest BCUT2D eigenvalue weighted by Gasteiger charge is 2.31. The first kappa shape index (κ1) is 18.1. The van der Waals surface area contributed by atoms with Gasteiger partial charge in [-0.05, 0) is 36.4 Å². The van der Waals surface area contributed by atoms with Crippen molar-refractivity contribution in [2.45, 2.75) is 42.2 Å². The van der Waals surface area contributed by atoms with Crippen molar-refractivity contribution in [1.29, 1.82) is 0 Å². The highest BCUT2D eigenvalue weighted by atomic mass is 32.2. The predicted octanol–water partition coefficient (Wildman–Crippen LogP) is 3.96. The molecule has 0 bridgehead atoms. The standard InChI is InChI=1S/C19H23NO3S2/c21-19(15-8-3-1-4-9-15)20-14-18(17-12-7-13-24-17)25(22,23)16-10-5-2-6-11-16/h2,5-7,10-13,15,18H,1,3-4,8-9,14H2,(H,20,21)/t18-/m0/s1. The highest BCUT2D eigenvalue weighted by Crippen LogP contribution is 2.31. The van der Waals surface area contributed by atoms with Crippen LogP contribution in [0.5, 0.6) is 0 Å². The fraction of sp³-hybridized carbons (Fsp3) is 0.421. The van der Waals surface area contributed by atoms with Gasteiger partial charge >= 0.3 is 0 Å². The van der Waals surface area contributed by atoms with Crippen LogP contribution in [0.3, 0.4) is 0 Å². The lowest BCUT2D eigenvalue weighted by Crippen LogP contribution is -2.36. The molecule has 2 aromatic rings. The Labute approximate surface area is 153 Å². The molecule has 1 atom stereocenters. The molecular weight excluding hydrogens is 354 g/mol. The largest absolute Gasteiger partial charge is 0.354 e. The lowest BCUT2D eigenvalue weighted by atomic mass is 9.89. The molecule has 3 rings (SSSR count). The van der Waals surface area contributed by atoms with Gasteiger partial charge in [0.15, 0.2) is 9.84 Å². The van der Waals surface area contributed by atoms with E-state index in [-0.39, 0.29) is 18.4 Å².